The first-order valence-electron chi connectivity index (χ1n) is 9.09. The Kier molecular flexibility index (Phi) is 6.24. The fourth-order valence-electron chi connectivity index (χ4n) is 3.22. The number of phenolic OH excluding ortho intramolecular Hbond substituents is 1. The van der Waals surface area contributed by atoms with E-state index in [1.54, 1.807) is 11.0 Å². The van der Waals surface area contributed by atoms with Crippen LogP contribution >= 0.6 is 11.6 Å². The van der Waals surface area contributed by atoms with Gasteiger partial charge in [0, 0.05) is 44.5 Å². The summed E-state index contributed by atoms with van der Waals surface area (Å²) in [5.74, 6) is -0.313. The highest BCUT2D eigenvalue weighted by atomic mass is 35.5. The van der Waals surface area contributed by atoms with Crippen molar-refractivity contribution in [1.82, 2.24) is 4.90 Å². The number of phenols is 1. The van der Waals surface area contributed by atoms with Crippen LogP contribution in [0.15, 0.2) is 42.5 Å². The number of amides is 1. The lowest BCUT2D eigenvalue weighted by atomic mass is 10.1. The monoisotopic (exact) mass is 388 g/mol. The van der Waals surface area contributed by atoms with E-state index in [0.29, 0.717) is 18.1 Å². The van der Waals surface area contributed by atoms with E-state index in [9.17, 15) is 9.90 Å². The molecule has 1 heterocycles. The second kappa shape index (κ2) is 8.63. The molecule has 1 fully saturated rings. The first-order valence-corrected chi connectivity index (χ1v) is 9.47. The largest absolute Gasteiger partial charge is 0.507 e. The van der Waals surface area contributed by atoms with Gasteiger partial charge in [0.2, 0.25) is 0 Å². The molecule has 3 rings (SSSR count). The molecular weight excluding hydrogens is 364 g/mol. The molecule has 0 spiro atoms. The van der Waals surface area contributed by atoms with Crippen LogP contribution in [0.3, 0.4) is 0 Å². The molecule has 0 saturated carbocycles. The van der Waals surface area contributed by atoms with Crippen LogP contribution in [-0.2, 0) is 11.3 Å². The maximum atomic E-state index is 13.1. The minimum Gasteiger partial charge on any atom is -0.507 e. The Balaban J connectivity index is 1.83. The Bertz CT molecular complexity index is 787. The molecule has 0 unspecified atom stereocenters. The summed E-state index contributed by atoms with van der Waals surface area (Å²) in [7, 11) is 3.98. The second-order valence-electron chi connectivity index (χ2n) is 7.04. The van der Waals surface area contributed by atoms with Gasteiger partial charge in [-0.2, -0.15) is 0 Å². The fourth-order valence-corrected chi connectivity index (χ4v) is 3.40. The first kappa shape index (κ1) is 19.5. The molecule has 1 aliphatic rings. The number of carbonyl (C=O) groups is 1. The molecule has 1 atom stereocenters. The first-order chi connectivity index (χ1) is 12.9. The normalized spacial score (nSPS) is 16.3. The van der Waals surface area contributed by atoms with Crippen LogP contribution < -0.4 is 4.90 Å². The number of hydrogen-bond donors (Lipinski definition) is 1. The molecule has 1 N–H and O–H groups in total. The minimum absolute atomic E-state index is 0.0244. The van der Waals surface area contributed by atoms with Crippen molar-refractivity contribution in [3.63, 3.8) is 0 Å². The van der Waals surface area contributed by atoms with Crippen LogP contribution in [0, 0.1) is 0 Å². The molecule has 6 heteroatoms. The maximum absolute atomic E-state index is 13.1. The number of halogens is 1. The lowest BCUT2D eigenvalue weighted by molar-refractivity contribution is 0.0505. The Morgan fingerprint density at radius 3 is 2.59 bits per heavy atom. The second-order valence-corrected chi connectivity index (χ2v) is 7.48. The molecule has 1 saturated heterocycles. The number of ether oxygens (including phenoxy) is 1. The average molecular weight is 389 g/mol. The van der Waals surface area contributed by atoms with Crippen LogP contribution in [0.1, 0.15) is 28.8 Å². The van der Waals surface area contributed by atoms with E-state index in [1.165, 1.54) is 12.1 Å². The van der Waals surface area contributed by atoms with Crippen molar-refractivity contribution >= 4 is 23.2 Å². The molecule has 2 aromatic rings. The molecule has 1 amide bonds. The van der Waals surface area contributed by atoms with Gasteiger partial charge in [0.15, 0.2) is 0 Å². The summed E-state index contributed by atoms with van der Waals surface area (Å²) in [4.78, 5) is 16.9. The summed E-state index contributed by atoms with van der Waals surface area (Å²) in [5.41, 5.74) is 2.34. The Morgan fingerprint density at radius 2 is 1.96 bits per heavy atom. The highest BCUT2D eigenvalue weighted by Gasteiger charge is 2.25. The average Bonchev–Trinajstić information content (AvgIpc) is 3.16. The predicted molar refractivity (Wildman–Crippen MR) is 108 cm³/mol. The van der Waals surface area contributed by atoms with Crippen molar-refractivity contribution in [2.24, 2.45) is 0 Å². The Morgan fingerprint density at radius 1 is 1.22 bits per heavy atom. The van der Waals surface area contributed by atoms with Gasteiger partial charge in [0.1, 0.15) is 5.75 Å². The molecular formula is C21H25ClN2O3. The van der Waals surface area contributed by atoms with Gasteiger partial charge in [-0.05, 0) is 48.7 Å². The number of benzene rings is 2. The zero-order valence-electron chi connectivity index (χ0n) is 15.7. The zero-order chi connectivity index (χ0) is 19.4. The third-order valence-corrected chi connectivity index (χ3v) is 4.99. The number of anilines is 1. The van der Waals surface area contributed by atoms with Gasteiger partial charge in [-0.15, -0.1) is 0 Å². The van der Waals surface area contributed by atoms with Gasteiger partial charge in [0.25, 0.3) is 5.91 Å². The Labute approximate surface area is 165 Å². The third-order valence-electron chi connectivity index (χ3n) is 4.75. The van der Waals surface area contributed by atoms with Crippen molar-refractivity contribution in [3.8, 4) is 5.75 Å². The maximum Gasteiger partial charge on any atom is 0.258 e. The van der Waals surface area contributed by atoms with Crippen LogP contribution in [-0.4, -0.2) is 49.3 Å². The lowest BCUT2D eigenvalue weighted by Gasteiger charge is -2.26. The summed E-state index contributed by atoms with van der Waals surface area (Å²) in [5, 5.41) is 10.6. The van der Waals surface area contributed by atoms with Crippen molar-refractivity contribution in [2.75, 3.05) is 32.1 Å². The molecule has 144 valence electrons. The van der Waals surface area contributed by atoms with Crippen LogP contribution in [0.5, 0.6) is 5.75 Å². The number of aromatic hydroxyl groups is 1. The summed E-state index contributed by atoms with van der Waals surface area (Å²) < 4.78 is 5.72. The lowest BCUT2D eigenvalue weighted by Crippen LogP contribution is -2.37. The summed E-state index contributed by atoms with van der Waals surface area (Å²) >= 11 is 6.03. The van der Waals surface area contributed by atoms with Crippen LogP contribution in [0.25, 0.3) is 0 Å². The number of nitrogens with zero attached hydrogens (tertiary/aromatic N) is 2. The quantitative estimate of drug-likeness (QED) is 0.814. The smallest absolute Gasteiger partial charge is 0.258 e. The molecule has 0 bridgehead atoms. The molecule has 0 aliphatic carbocycles. The van der Waals surface area contributed by atoms with Crippen molar-refractivity contribution in [2.45, 2.75) is 25.5 Å². The van der Waals surface area contributed by atoms with Gasteiger partial charge in [-0.1, -0.05) is 23.7 Å². The van der Waals surface area contributed by atoms with E-state index in [2.05, 4.69) is 0 Å². The molecule has 0 aromatic heterocycles. The van der Waals surface area contributed by atoms with Gasteiger partial charge in [0.05, 0.1) is 11.7 Å². The predicted octanol–water partition coefficient (Wildman–Crippen LogP) is 3.93. The molecule has 2 aromatic carbocycles. The molecule has 1 aliphatic heterocycles. The van der Waals surface area contributed by atoms with E-state index in [-0.39, 0.29) is 23.3 Å². The van der Waals surface area contributed by atoms with Crippen molar-refractivity contribution in [1.29, 1.82) is 0 Å². The van der Waals surface area contributed by atoms with Gasteiger partial charge >= 0.3 is 0 Å². The molecule has 0 radical (unpaired) electrons. The summed E-state index contributed by atoms with van der Waals surface area (Å²) in [6.07, 6.45) is 1.97. The van der Waals surface area contributed by atoms with E-state index in [1.807, 2.05) is 43.3 Å². The fraction of sp³-hybridized carbons (Fsp3) is 0.381. The summed E-state index contributed by atoms with van der Waals surface area (Å²) in [6, 6.07) is 12.6. The molecule has 5 nitrogen and oxygen atoms in total. The van der Waals surface area contributed by atoms with E-state index < -0.39 is 0 Å². The van der Waals surface area contributed by atoms with Gasteiger partial charge in [-0.3, -0.25) is 4.79 Å². The van der Waals surface area contributed by atoms with Crippen LogP contribution in [0.4, 0.5) is 5.69 Å². The minimum atomic E-state index is -0.248. The SMILES string of the molecule is CN(C)c1ccc(CN(C[C@@H]2CCCO2)C(=O)c2cc(Cl)ccc2O)cc1. The van der Waals surface area contributed by atoms with Gasteiger partial charge < -0.3 is 19.6 Å². The van der Waals surface area contributed by atoms with Crippen molar-refractivity contribution < 1.29 is 14.6 Å². The third kappa shape index (κ3) is 4.93. The van der Waals surface area contributed by atoms with Gasteiger partial charge in [-0.25, -0.2) is 0 Å². The Hall–Kier alpha value is -2.24. The van der Waals surface area contributed by atoms with E-state index >= 15 is 0 Å². The van der Waals surface area contributed by atoms with Crippen LogP contribution in [0.2, 0.25) is 5.02 Å². The highest BCUT2D eigenvalue weighted by Crippen LogP contribution is 2.25. The number of carbonyl (C=O) groups excluding carboxylic acids is 1. The van der Waals surface area contributed by atoms with Crippen molar-refractivity contribution in [3.05, 3.63) is 58.6 Å². The van der Waals surface area contributed by atoms with E-state index in [0.717, 1.165) is 30.7 Å². The standard InChI is InChI=1S/C21H25ClN2O3/c1-23(2)17-8-5-15(6-9-17)13-24(14-18-4-3-11-27-18)21(26)19-12-16(22)7-10-20(19)25/h5-10,12,18,25H,3-4,11,13-14H2,1-2H3/t18-/m0/s1. The zero-order valence-corrected chi connectivity index (χ0v) is 16.4. The van der Waals surface area contributed by atoms with E-state index in [4.69, 9.17) is 16.3 Å². The molecule has 27 heavy (non-hydrogen) atoms. The summed E-state index contributed by atoms with van der Waals surface area (Å²) in [6.45, 7) is 1.66. The highest BCUT2D eigenvalue weighted by molar-refractivity contribution is 6.31. The topological polar surface area (TPSA) is 53.0 Å². The number of hydrogen-bond acceptors (Lipinski definition) is 4. The number of rotatable bonds is 6.